The number of hydrogen-bond donors (Lipinski definition) is 1. The van der Waals surface area contributed by atoms with Gasteiger partial charge in [0.15, 0.2) is 5.41 Å². The van der Waals surface area contributed by atoms with Crippen LogP contribution in [0.15, 0.2) is 35.9 Å². The fraction of sp³-hybridized carbons (Fsp3) is 0.450. The molecular formula is C20H22N2O3. The lowest BCUT2D eigenvalue weighted by Gasteiger charge is -2.41. The van der Waals surface area contributed by atoms with Crippen molar-refractivity contribution in [2.45, 2.75) is 33.3 Å². The molecule has 5 nitrogen and oxygen atoms in total. The van der Waals surface area contributed by atoms with Crippen LogP contribution in [0.25, 0.3) is 5.57 Å². The fourth-order valence-electron chi connectivity index (χ4n) is 3.44. The second-order valence-electron chi connectivity index (χ2n) is 6.53. The van der Waals surface area contributed by atoms with Crippen LogP contribution in [0, 0.1) is 39.9 Å². The van der Waals surface area contributed by atoms with Crippen molar-refractivity contribution >= 4 is 11.5 Å². The smallest absolute Gasteiger partial charge is 0.334 e. The monoisotopic (exact) mass is 338 g/mol. The highest BCUT2D eigenvalue weighted by Gasteiger charge is 2.53. The summed E-state index contributed by atoms with van der Waals surface area (Å²) in [5, 5.41) is 30.6. The Morgan fingerprint density at radius 1 is 1.32 bits per heavy atom. The number of ether oxygens (including phenoxy) is 1. The molecule has 1 N–H and O–H groups in total. The summed E-state index contributed by atoms with van der Waals surface area (Å²) in [6.07, 6.45) is -0.914. The summed E-state index contributed by atoms with van der Waals surface area (Å²) in [6.45, 7) is 5.72. The van der Waals surface area contributed by atoms with Gasteiger partial charge in [-0.25, -0.2) is 4.79 Å². The topological polar surface area (TPSA) is 94.1 Å². The molecule has 0 saturated carbocycles. The molecule has 0 radical (unpaired) electrons. The molecule has 1 aliphatic carbocycles. The second kappa shape index (κ2) is 7.51. The van der Waals surface area contributed by atoms with Crippen LogP contribution >= 0.6 is 0 Å². The Labute approximate surface area is 148 Å². The number of esters is 1. The van der Waals surface area contributed by atoms with E-state index in [0.717, 1.165) is 0 Å². The highest BCUT2D eigenvalue weighted by molar-refractivity contribution is 6.01. The van der Waals surface area contributed by atoms with E-state index in [9.17, 15) is 20.4 Å². The van der Waals surface area contributed by atoms with Crippen LogP contribution in [-0.2, 0) is 9.53 Å². The number of nitriles is 2. The predicted octanol–water partition coefficient (Wildman–Crippen LogP) is 3.07. The lowest BCUT2D eigenvalue weighted by atomic mass is 9.61. The number of aliphatic hydroxyl groups is 1. The first-order valence-electron chi connectivity index (χ1n) is 8.39. The third-order valence-electron chi connectivity index (χ3n) is 4.78. The number of hydrogen-bond acceptors (Lipinski definition) is 5. The van der Waals surface area contributed by atoms with Gasteiger partial charge in [-0.05, 0) is 30.7 Å². The van der Waals surface area contributed by atoms with Gasteiger partial charge in [-0.1, -0.05) is 44.2 Å². The van der Waals surface area contributed by atoms with Crippen LogP contribution in [0.3, 0.4) is 0 Å². The van der Waals surface area contributed by atoms with Crippen molar-refractivity contribution in [1.82, 2.24) is 0 Å². The maximum atomic E-state index is 12.6. The summed E-state index contributed by atoms with van der Waals surface area (Å²) in [6, 6.07) is 12.8. The predicted molar refractivity (Wildman–Crippen MR) is 92.6 cm³/mol. The molecule has 5 heteroatoms. The van der Waals surface area contributed by atoms with Crippen molar-refractivity contribution in [2.75, 3.05) is 6.61 Å². The zero-order valence-electron chi connectivity index (χ0n) is 14.7. The first-order valence-corrected chi connectivity index (χ1v) is 8.39. The van der Waals surface area contributed by atoms with Crippen molar-refractivity contribution in [3.8, 4) is 12.1 Å². The lowest BCUT2D eigenvalue weighted by molar-refractivity contribution is -0.139. The Morgan fingerprint density at radius 2 is 1.92 bits per heavy atom. The number of nitrogens with zero attached hydrogens (tertiary/aromatic N) is 2. The molecule has 2 atom stereocenters. The third-order valence-corrected chi connectivity index (χ3v) is 4.78. The summed E-state index contributed by atoms with van der Waals surface area (Å²) in [4.78, 5) is 12.6. The van der Waals surface area contributed by atoms with Crippen LogP contribution in [0.4, 0.5) is 0 Å². The van der Waals surface area contributed by atoms with Gasteiger partial charge in [0.05, 0.1) is 24.8 Å². The standard InChI is InChI=1S/C20H22N2O3/c1-4-25-19(24)16-10-15(13(2)3)18(23)20(11-21,12-22)17(16)14-8-6-5-7-9-14/h5-9,13,15,18,23H,4,10H2,1-3H3/t15-,18-/m0/s1. The molecular weight excluding hydrogens is 316 g/mol. The van der Waals surface area contributed by atoms with Crippen molar-refractivity contribution in [2.24, 2.45) is 17.3 Å². The van der Waals surface area contributed by atoms with Crippen LogP contribution in [0.2, 0.25) is 0 Å². The second-order valence-corrected chi connectivity index (χ2v) is 6.53. The molecule has 0 saturated heterocycles. The summed E-state index contributed by atoms with van der Waals surface area (Å²) in [5.41, 5.74) is -0.660. The summed E-state index contributed by atoms with van der Waals surface area (Å²) in [7, 11) is 0. The minimum atomic E-state index is -1.81. The highest BCUT2D eigenvalue weighted by atomic mass is 16.5. The van der Waals surface area contributed by atoms with E-state index in [4.69, 9.17) is 4.74 Å². The molecule has 0 heterocycles. The quantitative estimate of drug-likeness (QED) is 0.851. The number of aliphatic hydroxyl groups excluding tert-OH is 1. The number of rotatable bonds is 4. The van der Waals surface area contributed by atoms with Gasteiger partial charge in [0, 0.05) is 11.1 Å². The van der Waals surface area contributed by atoms with Gasteiger partial charge in [-0.3, -0.25) is 0 Å². The molecule has 0 fully saturated rings. The van der Waals surface area contributed by atoms with Gasteiger partial charge in [0.2, 0.25) is 0 Å². The van der Waals surface area contributed by atoms with E-state index in [2.05, 4.69) is 0 Å². The summed E-state index contributed by atoms with van der Waals surface area (Å²) < 4.78 is 5.18. The molecule has 1 aromatic rings. The van der Waals surface area contributed by atoms with E-state index in [-0.39, 0.29) is 30.4 Å². The zero-order valence-corrected chi connectivity index (χ0v) is 14.7. The zero-order chi connectivity index (χ0) is 18.6. The molecule has 0 spiro atoms. The van der Waals surface area contributed by atoms with Crippen molar-refractivity contribution in [3.05, 3.63) is 41.5 Å². The average molecular weight is 338 g/mol. The maximum absolute atomic E-state index is 12.6. The van der Waals surface area contributed by atoms with Gasteiger partial charge >= 0.3 is 5.97 Å². The molecule has 0 bridgehead atoms. The Hall–Kier alpha value is -2.63. The molecule has 1 aliphatic rings. The van der Waals surface area contributed by atoms with Gasteiger partial charge in [-0.2, -0.15) is 10.5 Å². The van der Waals surface area contributed by atoms with E-state index >= 15 is 0 Å². The van der Waals surface area contributed by atoms with Gasteiger partial charge in [-0.15, -0.1) is 0 Å². The van der Waals surface area contributed by atoms with E-state index in [1.165, 1.54) is 0 Å². The number of carbonyl (C=O) groups is 1. The van der Waals surface area contributed by atoms with Crippen LogP contribution in [0.1, 0.15) is 32.8 Å². The van der Waals surface area contributed by atoms with Crippen molar-refractivity contribution in [3.63, 3.8) is 0 Å². The van der Waals surface area contributed by atoms with Crippen LogP contribution in [-0.4, -0.2) is 23.8 Å². The minimum absolute atomic E-state index is 0.00201. The molecule has 0 amide bonds. The van der Waals surface area contributed by atoms with Gasteiger partial charge in [0.1, 0.15) is 0 Å². The Bertz CT molecular complexity index is 739. The number of benzene rings is 1. The molecule has 130 valence electrons. The minimum Gasteiger partial charge on any atom is -0.463 e. The molecule has 2 rings (SSSR count). The normalized spacial score (nSPS) is 22.2. The highest BCUT2D eigenvalue weighted by Crippen LogP contribution is 2.50. The number of carbonyl (C=O) groups excluding carboxylic acids is 1. The fourth-order valence-corrected chi connectivity index (χ4v) is 3.44. The Kier molecular flexibility index (Phi) is 5.62. The maximum Gasteiger partial charge on any atom is 0.334 e. The van der Waals surface area contributed by atoms with E-state index in [1.807, 2.05) is 32.1 Å². The van der Waals surface area contributed by atoms with Gasteiger partial charge < -0.3 is 9.84 Å². The van der Waals surface area contributed by atoms with Crippen LogP contribution in [0.5, 0.6) is 0 Å². The SMILES string of the molecule is CCOC(=O)C1=C(c2ccccc2)C(C#N)(C#N)[C@@H](O)[C@H](C(C)C)C1. The first kappa shape index (κ1) is 18.7. The van der Waals surface area contributed by atoms with E-state index in [1.54, 1.807) is 31.2 Å². The van der Waals surface area contributed by atoms with Crippen LogP contribution < -0.4 is 0 Å². The molecule has 0 aliphatic heterocycles. The first-order chi connectivity index (χ1) is 11.9. The Morgan fingerprint density at radius 3 is 2.40 bits per heavy atom. The van der Waals surface area contributed by atoms with Crippen molar-refractivity contribution in [1.29, 1.82) is 10.5 Å². The van der Waals surface area contributed by atoms with Crippen molar-refractivity contribution < 1.29 is 14.6 Å². The summed E-state index contributed by atoms with van der Waals surface area (Å²) >= 11 is 0. The third kappa shape index (κ3) is 3.16. The van der Waals surface area contributed by atoms with E-state index < -0.39 is 17.5 Å². The van der Waals surface area contributed by atoms with Gasteiger partial charge in [0.25, 0.3) is 0 Å². The molecule has 0 unspecified atom stereocenters. The largest absolute Gasteiger partial charge is 0.463 e. The Balaban J connectivity index is 2.81. The lowest BCUT2D eigenvalue weighted by Crippen LogP contribution is -2.46. The van der Waals surface area contributed by atoms with E-state index in [0.29, 0.717) is 11.1 Å². The summed E-state index contributed by atoms with van der Waals surface area (Å²) in [5.74, 6) is -0.919. The molecule has 1 aromatic carbocycles. The molecule has 0 aromatic heterocycles. The molecule has 25 heavy (non-hydrogen) atoms. The average Bonchev–Trinajstić information content (AvgIpc) is 2.62.